The number of rotatable bonds is 3. The monoisotopic (exact) mass is 372 g/mol. The van der Waals surface area contributed by atoms with Crippen LogP contribution in [0.4, 0.5) is 5.69 Å². The van der Waals surface area contributed by atoms with E-state index >= 15 is 0 Å². The van der Waals surface area contributed by atoms with Crippen molar-refractivity contribution in [3.8, 4) is 11.6 Å². The Morgan fingerprint density at radius 3 is 2.44 bits per heavy atom. The second-order valence-corrected chi connectivity index (χ2v) is 5.12. The fourth-order valence-electron chi connectivity index (χ4n) is 1.24. The molecule has 1 aromatic heterocycles. The first kappa shape index (κ1) is 13.0. The number of ether oxygens (including phenoxy) is 1. The van der Waals surface area contributed by atoms with Crippen molar-refractivity contribution in [3.05, 3.63) is 55.6 Å². The van der Waals surface area contributed by atoms with Gasteiger partial charge in [0.05, 0.1) is 4.92 Å². The summed E-state index contributed by atoms with van der Waals surface area (Å²) in [4.78, 5) is 14.2. The van der Waals surface area contributed by atoms with Crippen molar-refractivity contribution in [1.82, 2.24) is 4.98 Å². The standard InChI is InChI=1S/C11H6Br2N2O3/c12-7-1-3-9(4-2-7)18-11-10(15(16)17)5-8(13)6-14-11/h1-6H. The lowest BCUT2D eigenvalue weighted by Crippen LogP contribution is -1.95. The molecule has 0 fully saturated rings. The molecule has 92 valence electrons. The van der Waals surface area contributed by atoms with Gasteiger partial charge in [-0.05, 0) is 40.2 Å². The molecule has 18 heavy (non-hydrogen) atoms. The highest BCUT2D eigenvalue weighted by atomic mass is 79.9. The molecule has 5 nitrogen and oxygen atoms in total. The van der Waals surface area contributed by atoms with Crippen LogP contribution in [0.25, 0.3) is 0 Å². The van der Waals surface area contributed by atoms with E-state index in [2.05, 4.69) is 36.8 Å². The Bertz CT molecular complexity index is 587. The second kappa shape index (κ2) is 5.45. The number of benzene rings is 1. The molecule has 1 heterocycles. The molecule has 0 N–H and O–H groups in total. The maximum atomic E-state index is 10.9. The van der Waals surface area contributed by atoms with Crippen LogP contribution < -0.4 is 4.74 Å². The molecule has 2 aromatic rings. The van der Waals surface area contributed by atoms with E-state index in [1.807, 2.05) is 0 Å². The van der Waals surface area contributed by atoms with Crippen molar-refractivity contribution in [2.24, 2.45) is 0 Å². The van der Waals surface area contributed by atoms with Crippen LogP contribution in [0.5, 0.6) is 11.6 Å². The molecule has 0 aliphatic carbocycles. The normalized spacial score (nSPS) is 10.1. The van der Waals surface area contributed by atoms with Crippen LogP contribution in [-0.4, -0.2) is 9.91 Å². The summed E-state index contributed by atoms with van der Waals surface area (Å²) in [6.45, 7) is 0. The molecule has 1 aromatic carbocycles. The zero-order chi connectivity index (χ0) is 13.1. The van der Waals surface area contributed by atoms with Gasteiger partial charge in [-0.3, -0.25) is 10.1 Å². The average Bonchev–Trinajstić information content (AvgIpc) is 2.34. The van der Waals surface area contributed by atoms with Crippen LogP contribution in [0.3, 0.4) is 0 Å². The van der Waals surface area contributed by atoms with Gasteiger partial charge < -0.3 is 4.74 Å². The minimum absolute atomic E-state index is 0.0366. The predicted octanol–water partition coefficient (Wildman–Crippen LogP) is 4.31. The minimum atomic E-state index is -0.536. The summed E-state index contributed by atoms with van der Waals surface area (Å²) >= 11 is 6.42. The molecule has 0 bridgehead atoms. The number of aromatic nitrogens is 1. The van der Waals surface area contributed by atoms with Crippen LogP contribution in [0, 0.1) is 10.1 Å². The van der Waals surface area contributed by atoms with Gasteiger partial charge in [-0.2, -0.15) is 0 Å². The lowest BCUT2D eigenvalue weighted by Gasteiger charge is -2.05. The van der Waals surface area contributed by atoms with Gasteiger partial charge in [-0.1, -0.05) is 15.9 Å². The number of nitrogens with zero attached hydrogens (tertiary/aromatic N) is 2. The molecule has 0 amide bonds. The summed E-state index contributed by atoms with van der Waals surface area (Å²) in [6, 6.07) is 8.29. The summed E-state index contributed by atoms with van der Waals surface area (Å²) in [5, 5.41) is 10.9. The molecule has 2 rings (SSSR count). The van der Waals surface area contributed by atoms with Gasteiger partial charge in [0.2, 0.25) is 0 Å². The Hall–Kier alpha value is -1.47. The van der Waals surface area contributed by atoms with E-state index in [0.29, 0.717) is 10.2 Å². The second-order valence-electron chi connectivity index (χ2n) is 3.29. The van der Waals surface area contributed by atoms with Crippen LogP contribution in [0.15, 0.2) is 45.5 Å². The molecule has 0 aliphatic rings. The van der Waals surface area contributed by atoms with Crippen molar-refractivity contribution in [2.75, 3.05) is 0 Å². The van der Waals surface area contributed by atoms with Crippen molar-refractivity contribution in [3.63, 3.8) is 0 Å². The highest BCUT2D eigenvalue weighted by molar-refractivity contribution is 9.10. The van der Waals surface area contributed by atoms with E-state index in [1.54, 1.807) is 24.3 Å². The third-order valence-corrected chi connectivity index (χ3v) is 2.99. The maximum absolute atomic E-state index is 10.9. The van der Waals surface area contributed by atoms with E-state index in [-0.39, 0.29) is 11.6 Å². The first-order valence-corrected chi connectivity index (χ1v) is 6.38. The van der Waals surface area contributed by atoms with Gasteiger partial charge >= 0.3 is 5.69 Å². The van der Waals surface area contributed by atoms with Gasteiger partial charge in [-0.25, -0.2) is 4.98 Å². The summed E-state index contributed by atoms with van der Waals surface area (Å²) in [5.74, 6) is 0.446. The van der Waals surface area contributed by atoms with Gasteiger partial charge in [-0.15, -0.1) is 0 Å². The van der Waals surface area contributed by atoms with Gasteiger partial charge in [0.1, 0.15) is 5.75 Å². The number of halogens is 2. The summed E-state index contributed by atoms with van der Waals surface area (Å²) in [6.07, 6.45) is 1.45. The summed E-state index contributed by atoms with van der Waals surface area (Å²) in [5.41, 5.74) is -0.188. The molecule has 0 spiro atoms. The van der Waals surface area contributed by atoms with Gasteiger partial charge in [0.25, 0.3) is 5.88 Å². The molecule has 0 unspecified atom stereocenters. The highest BCUT2D eigenvalue weighted by Gasteiger charge is 2.18. The van der Waals surface area contributed by atoms with Crippen molar-refractivity contribution >= 4 is 37.5 Å². The molecular formula is C11H6Br2N2O3. The smallest absolute Gasteiger partial charge is 0.332 e. The minimum Gasteiger partial charge on any atom is -0.434 e. The molecule has 0 saturated carbocycles. The van der Waals surface area contributed by atoms with Crippen LogP contribution in [0.1, 0.15) is 0 Å². The third kappa shape index (κ3) is 3.05. The van der Waals surface area contributed by atoms with Crippen LogP contribution >= 0.6 is 31.9 Å². The SMILES string of the molecule is O=[N+]([O-])c1cc(Br)cnc1Oc1ccc(Br)cc1. The topological polar surface area (TPSA) is 65.3 Å². The fraction of sp³-hybridized carbons (Fsp3) is 0. The molecule has 0 atom stereocenters. The highest BCUT2D eigenvalue weighted by Crippen LogP contribution is 2.31. The van der Waals surface area contributed by atoms with Crippen molar-refractivity contribution in [1.29, 1.82) is 0 Å². The number of pyridine rings is 1. The van der Waals surface area contributed by atoms with Gasteiger partial charge in [0, 0.05) is 21.2 Å². The Balaban J connectivity index is 2.34. The van der Waals surface area contributed by atoms with Crippen LogP contribution in [-0.2, 0) is 0 Å². The van der Waals surface area contributed by atoms with Crippen molar-refractivity contribution in [2.45, 2.75) is 0 Å². The lowest BCUT2D eigenvalue weighted by molar-refractivity contribution is -0.386. The summed E-state index contributed by atoms with van der Waals surface area (Å²) < 4.78 is 6.81. The predicted molar refractivity (Wildman–Crippen MR) is 72.8 cm³/mol. The van der Waals surface area contributed by atoms with E-state index in [1.165, 1.54) is 12.3 Å². The Morgan fingerprint density at radius 2 is 1.83 bits per heavy atom. The molecule has 0 aliphatic heterocycles. The molecular weight excluding hydrogens is 368 g/mol. The van der Waals surface area contributed by atoms with Crippen LogP contribution in [0.2, 0.25) is 0 Å². The van der Waals surface area contributed by atoms with Gasteiger partial charge in [0.15, 0.2) is 0 Å². The quantitative estimate of drug-likeness (QED) is 0.594. The average molecular weight is 374 g/mol. The number of nitro groups is 1. The lowest BCUT2D eigenvalue weighted by atomic mass is 10.3. The van der Waals surface area contributed by atoms with E-state index in [9.17, 15) is 10.1 Å². The first-order chi connectivity index (χ1) is 8.56. The summed E-state index contributed by atoms with van der Waals surface area (Å²) in [7, 11) is 0. The Morgan fingerprint density at radius 1 is 1.17 bits per heavy atom. The number of hydrogen-bond donors (Lipinski definition) is 0. The third-order valence-electron chi connectivity index (χ3n) is 2.02. The molecule has 0 radical (unpaired) electrons. The van der Waals surface area contributed by atoms with E-state index in [0.717, 1.165) is 4.47 Å². The molecule has 7 heteroatoms. The zero-order valence-electron chi connectivity index (χ0n) is 8.84. The zero-order valence-corrected chi connectivity index (χ0v) is 12.0. The first-order valence-electron chi connectivity index (χ1n) is 4.79. The van der Waals surface area contributed by atoms with E-state index < -0.39 is 4.92 Å². The van der Waals surface area contributed by atoms with Crippen molar-refractivity contribution < 1.29 is 9.66 Å². The Kier molecular flexibility index (Phi) is 3.93. The number of hydrogen-bond acceptors (Lipinski definition) is 4. The Labute approximate surface area is 119 Å². The largest absolute Gasteiger partial charge is 0.434 e. The molecule has 0 saturated heterocycles. The van der Waals surface area contributed by atoms with E-state index in [4.69, 9.17) is 4.74 Å². The maximum Gasteiger partial charge on any atom is 0.332 e. The fourth-order valence-corrected chi connectivity index (χ4v) is 1.82.